The van der Waals surface area contributed by atoms with Crippen LogP contribution in [0.15, 0.2) is 18.2 Å². The van der Waals surface area contributed by atoms with Crippen molar-refractivity contribution in [1.29, 1.82) is 0 Å². The van der Waals surface area contributed by atoms with Gasteiger partial charge in [-0.25, -0.2) is 4.39 Å². The van der Waals surface area contributed by atoms with Gasteiger partial charge in [0.05, 0.1) is 5.02 Å². The minimum atomic E-state index is -0.374. The topological polar surface area (TPSA) is 24.1 Å². The molecule has 82 valence electrons. The van der Waals surface area contributed by atoms with Crippen LogP contribution in [-0.4, -0.2) is 19.1 Å². The molecule has 0 radical (unpaired) electrons. The average molecular weight is 229 g/mol. The molecule has 0 saturated carbocycles. The molecule has 15 heavy (non-hydrogen) atoms. The highest BCUT2D eigenvalue weighted by molar-refractivity contribution is 6.30. The summed E-state index contributed by atoms with van der Waals surface area (Å²) in [6.45, 7) is 1.92. The molecule has 0 aromatic heterocycles. The van der Waals surface area contributed by atoms with E-state index in [0.717, 1.165) is 18.8 Å². The summed E-state index contributed by atoms with van der Waals surface area (Å²) >= 11 is 5.59. The molecule has 0 bridgehead atoms. The number of benzene rings is 1. The molecular weight excluding hydrogens is 215 g/mol. The zero-order valence-corrected chi connectivity index (χ0v) is 9.15. The van der Waals surface area contributed by atoms with E-state index in [9.17, 15) is 4.39 Å². The highest BCUT2D eigenvalue weighted by Crippen LogP contribution is 2.18. The second kappa shape index (κ2) is 4.81. The third kappa shape index (κ3) is 2.83. The number of rotatable bonds is 3. The summed E-state index contributed by atoms with van der Waals surface area (Å²) in [5.41, 5.74) is 0.783. The Morgan fingerprint density at radius 3 is 3.07 bits per heavy atom. The lowest BCUT2D eigenvalue weighted by Gasteiger charge is -2.12. The quantitative estimate of drug-likeness (QED) is 0.831. The number of nitrogens with one attached hydrogen (secondary N) is 2. The second-order valence-corrected chi connectivity index (χ2v) is 4.21. The van der Waals surface area contributed by atoms with E-state index in [1.807, 2.05) is 0 Å². The molecule has 2 rings (SSSR count). The first kappa shape index (κ1) is 10.7. The molecule has 1 fully saturated rings. The van der Waals surface area contributed by atoms with E-state index in [2.05, 4.69) is 10.6 Å². The third-order valence-corrected chi connectivity index (χ3v) is 2.94. The molecule has 1 aromatic carbocycles. The third-order valence-electron chi connectivity index (χ3n) is 2.63. The van der Waals surface area contributed by atoms with Crippen molar-refractivity contribution in [2.45, 2.75) is 18.9 Å². The van der Waals surface area contributed by atoms with Crippen LogP contribution in [0.3, 0.4) is 0 Å². The Morgan fingerprint density at radius 2 is 2.40 bits per heavy atom. The fourth-order valence-corrected chi connectivity index (χ4v) is 1.90. The Labute approximate surface area is 93.8 Å². The van der Waals surface area contributed by atoms with E-state index in [-0.39, 0.29) is 10.8 Å². The second-order valence-electron chi connectivity index (χ2n) is 3.80. The van der Waals surface area contributed by atoms with Crippen molar-refractivity contribution in [1.82, 2.24) is 5.32 Å². The van der Waals surface area contributed by atoms with E-state index >= 15 is 0 Å². The van der Waals surface area contributed by atoms with E-state index in [1.165, 1.54) is 18.9 Å². The number of anilines is 1. The lowest BCUT2D eigenvalue weighted by atomic mass is 10.2. The maximum absolute atomic E-state index is 13.1. The smallest absolute Gasteiger partial charge is 0.143 e. The van der Waals surface area contributed by atoms with Gasteiger partial charge < -0.3 is 10.6 Å². The van der Waals surface area contributed by atoms with E-state index in [1.54, 1.807) is 12.1 Å². The minimum absolute atomic E-state index is 0.166. The summed E-state index contributed by atoms with van der Waals surface area (Å²) in [5, 5.41) is 6.73. The first-order chi connectivity index (χ1) is 7.25. The minimum Gasteiger partial charge on any atom is -0.383 e. The van der Waals surface area contributed by atoms with Gasteiger partial charge in [-0.3, -0.25) is 0 Å². The van der Waals surface area contributed by atoms with Gasteiger partial charge in [-0.1, -0.05) is 11.6 Å². The molecule has 1 heterocycles. The van der Waals surface area contributed by atoms with Crippen molar-refractivity contribution in [2.24, 2.45) is 0 Å². The van der Waals surface area contributed by atoms with Crippen LogP contribution in [-0.2, 0) is 0 Å². The fraction of sp³-hybridized carbons (Fsp3) is 0.455. The van der Waals surface area contributed by atoms with Crippen LogP contribution in [0.2, 0.25) is 5.02 Å². The first-order valence-electron chi connectivity index (χ1n) is 5.18. The highest BCUT2D eigenvalue weighted by atomic mass is 35.5. The Kier molecular flexibility index (Phi) is 3.44. The number of hydrogen-bond donors (Lipinski definition) is 2. The molecule has 0 aliphatic carbocycles. The normalized spacial score (nSPS) is 20.5. The van der Waals surface area contributed by atoms with E-state index in [0.29, 0.717) is 6.04 Å². The van der Waals surface area contributed by atoms with Crippen molar-refractivity contribution < 1.29 is 4.39 Å². The van der Waals surface area contributed by atoms with Crippen molar-refractivity contribution in [3.8, 4) is 0 Å². The van der Waals surface area contributed by atoms with Gasteiger partial charge >= 0.3 is 0 Å². The Morgan fingerprint density at radius 1 is 1.53 bits per heavy atom. The molecule has 0 spiro atoms. The summed E-state index contributed by atoms with van der Waals surface area (Å²) < 4.78 is 13.1. The van der Waals surface area contributed by atoms with Crippen molar-refractivity contribution in [3.05, 3.63) is 29.0 Å². The zero-order valence-electron chi connectivity index (χ0n) is 8.39. The summed E-state index contributed by atoms with van der Waals surface area (Å²) in [4.78, 5) is 0. The Hall–Kier alpha value is -0.800. The van der Waals surface area contributed by atoms with Gasteiger partial charge in [0.25, 0.3) is 0 Å². The predicted molar refractivity (Wildman–Crippen MR) is 60.9 cm³/mol. The average Bonchev–Trinajstić information content (AvgIpc) is 2.73. The van der Waals surface area contributed by atoms with Crippen LogP contribution in [0.4, 0.5) is 10.1 Å². The molecular formula is C11H14ClFN2. The Bertz CT molecular complexity index is 337. The highest BCUT2D eigenvalue weighted by Gasteiger charge is 2.13. The van der Waals surface area contributed by atoms with Gasteiger partial charge in [0.15, 0.2) is 0 Å². The maximum atomic E-state index is 13.1. The number of halogens is 2. The summed E-state index contributed by atoms with van der Waals surface area (Å²) in [6, 6.07) is 5.29. The van der Waals surface area contributed by atoms with Crippen molar-refractivity contribution >= 4 is 17.3 Å². The predicted octanol–water partition coefficient (Wildman–Crippen LogP) is 2.64. The SMILES string of the molecule is Fc1cc(NCC2CCCN2)ccc1Cl. The molecule has 1 aromatic rings. The first-order valence-corrected chi connectivity index (χ1v) is 5.56. The van der Waals surface area contributed by atoms with Crippen molar-refractivity contribution in [3.63, 3.8) is 0 Å². The lowest BCUT2D eigenvalue weighted by molar-refractivity contribution is 0.623. The number of hydrogen-bond acceptors (Lipinski definition) is 2. The molecule has 0 amide bonds. The van der Waals surface area contributed by atoms with Gasteiger partial charge in [0.1, 0.15) is 5.82 Å². The van der Waals surface area contributed by atoms with E-state index < -0.39 is 0 Å². The lowest BCUT2D eigenvalue weighted by Crippen LogP contribution is -2.29. The molecule has 1 saturated heterocycles. The fourth-order valence-electron chi connectivity index (χ4n) is 1.78. The van der Waals surface area contributed by atoms with Crippen LogP contribution >= 0.6 is 11.6 Å². The maximum Gasteiger partial charge on any atom is 0.143 e. The molecule has 4 heteroatoms. The summed E-state index contributed by atoms with van der Waals surface area (Å²) in [7, 11) is 0. The van der Waals surface area contributed by atoms with Crippen molar-refractivity contribution in [2.75, 3.05) is 18.4 Å². The van der Waals surface area contributed by atoms with Crippen LogP contribution < -0.4 is 10.6 Å². The van der Waals surface area contributed by atoms with E-state index in [4.69, 9.17) is 11.6 Å². The summed E-state index contributed by atoms with van der Waals surface area (Å²) in [6.07, 6.45) is 2.41. The standard InChI is InChI=1S/C11H14ClFN2/c12-10-4-3-8(6-11(10)13)15-7-9-2-1-5-14-9/h3-4,6,9,14-15H,1-2,5,7H2. The summed E-state index contributed by atoms with van der Waals surface area (Å²) in [5.74, 6) is -0.374. The van der Waals surface area contributed by atoms with Crippen LogP contribution in [0.5, 0.6) is 0 Å². The molecule has 1 atom stereocenters. The Balaban J connectivity index is 1.90. The van der Waals surface area contributed by atoms with Gasteiger partial charge in [0.2, 0.25) is 0 Å². The van der Waals surface area contributed by atoms with Crippen LogP contribution in [0.25, 0.3) is 0 Å². The molecule has 2 N–H and O–H groups in total. The molecule has 1 aliphatic heterocycles. The van der Waals surface area contributed by atoms with Gasteiger partial charge in [-0.15, -0.1) is 0 Å². The van der Waals surface area contributed by atoms with Crippen LogP contribution in [0.1, 0.15) is 12.8 Å². The van der Waals surface area contributed by atoms with Gasteiger partial charge in [0, 0.05) is 18.3 Å². The molecule has 2 nitrogen and oxygen atoms in total. The molecule has 1 aliphatic rings. The monoisotopic (exact) mass is 228 g/mol. The van der Waals surface area contributed by atoms with Crippen LogP contribution in [0, 0.1) is 5.82 Å². The van der Waals surface area contributed by atoms with Gasteiger partial charge in [-0.2, -0.15) is 0 Å². The van der Waals surface area contributed by atoms with Gasteiger partial charge in [-0.05, 0) is 37.6 Å². The molecule has 1 unspecified atom stereocenters. The zero-order chi connectivity index (χ0) is 10.7. The largest absolute Gasteiger partial charge is 0.383 e.